The molecule has 17 heavy (non-hydrogen) atoms. The number of ether oxygens (including phenoxy) is 1. The first-order chi connectivity index (χ1) is 8.22. The summed E-state index contributed by atoms with van der Waals surface area (Å²) in [6, 6.07) is 4.88. The Bertz CT molecular complexity index is 344. The lowest BCUT2D eigenvalue weighted by atomic mass is 10.0. The van der Waals surface area contributed by atoms with E-state index in [9.17, 15) is 4.39 Å². The molecule has 0 saturated carbocycles. The quantitative estimate of drug-likeness (QED) is 0.769. The van der Waals surface area contributed by atoms with Gasteiger partial charge in [0.15, 0.2) is 11.6 Å². The lowest BCUT2D eigenvalue weighted by Gasteiger charge is -2.18. The van der Waals surface area contributed by atoms with Crippen molar-refractivity contribution in [3.8, 4) is 5.75 Å². The normalized spacial score (nSPS) is 12.5. The van der Waals surface area contributed by atoms with Crippen LogP contribution in [0.15, 0.2) is 18.2 Å². The van der Waals surface area contributed by atoms with E-state index in [1.165, 1.54) is 13.2 Å². The molecule has 1 atom stereocenters. The summed E-state index contributed by atoms with van der Waals surface area (Å²) >= 11 is 0. The highest BCUT2D eigenvalue weighted by Gasteiger charge is 2.12. The monoisotopic (exact) mass is 241 g/mol. The number of halogens is 1. The summed E-state index contributed by atoms with van der Waals surface area (Å²) < 4.78 is 18.4. The van der Waals surface area contributed by atoms with E-state index in [2.05, 4.69) is 12.2 Å². The zero-order chi connectivity index (χ0) is 12.7. The predicted octanol–water partition coefficient (Wildman–Crippen LogP) is 2.26. The molecule has 4 heteroatoms. The molecule has 1 aromatic carbocycles. The van der Waals surface area contributed by atoms with Crippen LogP contribution in [0, 0.1) is 5.82 Å². The van der Waals surface area contributed by atoms with E-state index in [-0.39, 0.29) is 24.2 Å². The van der Waals surface area contributed by atoms with Gasteiger partial charge in [-0.15, -0.1) is 0 Å². The van der Waals surface area contributed by atoms with Crippen molar-refractivity contribution in [2.24, 2.45) is 0 Å². The fourth-order valence-electron chi connectivity index (χ4n) is 1.73. The first-order valence-electron chi connectivity index (χ1n) is 5.90. The second-order valence-electron chi connectivity index (χ2n) is 3.91. The summed E-state index contributed by atoms with van der Waals surface area (Å²) in [5, 5.41) is 12.3. The molecule has 1 aromatic rings. The van der Waals surface area contributed by atoms with Crippen LogP contribution < -0.4 is 10.1 Å². The maximum absolute atomic E-state index is 13.6. The minimum Gasteiger partial charge on any atom is -0.494 e. The maximum atomic E-state index is 13.6. The number of rotatable bonds is 7. The summed E-state index contributed by atoms with van der Waals surface area (Å²) in [4.78, 5) is 0. The fourth-order valence-corrected chi connectivity index (χ4v) is 1.73. The Morgan fingerprint density at radius 1 is 1.47 bits per heavy atom. The molecule has 0 fully saturated rings. The van der Waals surface area contributed by atoms with Gasteiger partial charge in [-0.3, -0.25) is 0 Å². The molecule has 0 aliphatic carbocycles. The molecule has 1 unspecified atom stereocenters. The second kappa shape index (κ2) is 7.25. The van der Waals surface area contributed by atoms with E-state index in [1.54, 1.807) is 6.07 Å². The molecule has 0 amide bonds. The largest absolute Gasteiger partial charge is 0.494 e. The number of methoxy groups -OCH3 is 1. The van der Waals surface area contributed by atoms with Gasteiger partial charge in [-0.05, 0) is 37.1 Å². The number of hydrogen-bond donors (Lipinski definition) is 2. The molecule has 0 radical (unpaired) electrons. The molecular formula is C13H20FNO2. The third kappa shape index (κ3) is 3.98. The molecule has 0 aliphatic rings. The van der Waals surface area contributed by atoms with Gasteiger partial charge < -0.3 is 15.2 Å². The number of aliphatic hydroxyl groups excluding tert-OH is 1. The van der Waals surface area contributed by atoms with Gasteiger partial charge in [-0.1, -0.05) is 13.0 Å². The number of nitrogens with one attached hydrogen (secondary N) is 1. The van der Waals surface area contributed by atoms with E-state index in [0.29, 0.717) is 6.42 Å². The van der Waals surface area contributed by atoms with E-state index < -0.39 is 0 Å². The summed E-state index contributed by atoms with van der Waals surface area (Å²) in [7, 11) is 1.44. The molecule has 0 aliphatic heterocycles. The van der Waals surface area contributed by atoms with Crippen LogP contribution >= 0.6 is 0 Å². The highest BCUT2D eigenvalue weighted by molar-refractivity contribution is 5.31. The third-order valence-corrected chi connectivity index (χ3v) is 2.64. The summed E-state index contributed by atoms with van der Waals surface area (Å²) in [5.41, 5.74) is 0.839. The van der Waals surface area contributed by atoms with Gasteiger partial charge in [-0.2, -0.15) is 0 Å². The predicted molar refractivity (Wildman–Crippen MR) is 65.7 cm³/mol. The zero-order valence-electron chi connectivity index (χ0n) is 10.4. The molecule has 1 rings (SSSR count). The number of benzene rings is 1. The van der Waals surface area contributed by atoms with Crippen LogP contribution in [-0.2, 0) is 0 Å². The van der Waals surface area contributed by atoms with Crippen molar-refractivity contribution in [2.75, 3.05) is 20.3 Å². The van der Waals surface area contributed by atoms with Gasteiger partial charge in [-0.25, -0.2) is 4.39 Å². The number of aliphatic hydroxyl groups is 1. The lowest BCUT2D eigenvalue weighted by molar-refractivity contribution is 0.265. The van der Waals surface area contributed by atoms with Gasteiger partial charge >= 0.3 is 0 Å². The zero-order valence-corrected chi connectivity index (χ0v) is 10.4. The summed E-state index contributed by atoms with van der Waals surface area (Å²) in [5.74, 6) is -0.127. The lowest BCUT2D eigenvalue weighted by Crippen LogP contribution is -2.23. The van der Waals surface area contributed by atoms with E-state index in [4.69, 9.17) is 9.84 Å². The van der Waals surface area contributed by atoms with Crippen molar-refractivity contribution in [1.29, 1.82) is 0 Å². The van der Waals surface area contributed by atoms with Gasteiger partial charge in [0.1, 0.15) is 0 Å². The molecule has 96 valence electrons. The van der Waals surface area contributed by atoms with Crippen molar-refractivity contribution in [3.63, 3.8) is 0 Å². The first kappa shape index (κ1) is 13.9. The first-order valence-corrected chi connectivity index (χ1v) is 5.90. The van der Waals surface area contributed by atoms with Crippen molar-refractivity contribution in [1.82, 2.24) is 5.32 Å². The second-order valence-corrected chi connectivity index (χ2v) is 3.91. The summed E-state index contributed by atoms with van der Waals surface area (Å²) in [6.07, 6.45) is 1.58. The van der Waals surface area contributed by atoms with Crippen LogP contribution in [0.3, 0.4) is 0 Å². The molecule has 0 aromatic heterocycles. The van der Waals surface area contributed by atoms with Crippen LogP contribution in [0.2, 0.25) is 0 Å². The van der Waals surface area contributed by atoms with Crippen LogP contribution in [0.4, 0.5) is 4.39 Å². The maximum Gasteiger partial charge on any atom is 0.165 e. The fraction of sp³-hybridized carbons (Fsp3) is 0.538. The summed E-state index contributed by atoms with van der Waals surface area (Å²) in [6.45, 7) is 2.99. The molecule has 0 heterocycles. The molecule has 0 spiro atoms. The van der Waals surface area contributed by atoms with Gasteiger partial charge in [0.2, 0.25) is 0 Å². The Balaban J connectivity index is 2.82. The Morgan fingerprint density at radius 3 is 2.76 bits per heavy atom. The Kier molecular flexibility index (Phi) is 5.94. The van der Waals surface area contributed by atoms with E-state index in [0.717, 1.165) is 18.5 Å². The highest BCUT2D eigenvalue weighted by Crippen LogP contribution is 2.23. The number of hydrogen-bond acceptors (Lipinski definition) is 3. The smallest absolute Gasteiger partial charge is 0.165 e. The van der Waals surface area contributed by atoms with Crippen LogP contribution in [-0.4, -0.2) is 25.4 Å². The topological polar surface area (TPSA) is 41.5 Å². The van der Waals surface area contributed by atoms with Crippen molar-refractivity contribution in [2.45, 2.75) is 25.8 Å². The Labute approximate surface area is 102 Å². The van der Waals surface area contributed by atoms with Crippen LogP contribution in [0.25, 0.3) is 0 Å². The molecule has 2 N–H and O–H groups in total. The Morgan fingerprint density at radius 2 is 2.24 bits per heavy atom. The molecule has 3 nitrogen and oxygen atoms in total. The van der Waals surface area contributed by atoms with E-state index in [1.807, 2.05) is 6.07 Å². The SMILES string of the molecule is CCCNC(CCO)c1ccc(OC)c(F)c1. The Hall–Kier alpha value is -1.13. The molecular weight excluding hydrogens is 221 g/mol. The van der Waals surface area contributed by atoms with Gasteiger partial charge in [0.05, 0.1) is 7.11 Å². The molecule has 0 bridgehead atoms. The van der Waals surface area contributed by atoms with Crippen molar-refractivity contribution in [3.05, 3.63) is 29.6 Å². The van der Waals surface area contributed by atoms with Crippen LogP contribution in [0.1, 0.15) is 31.4 Å². The third-order valence-electron chi connectivity index (χ3n) is 2.64. The van der Waals surface area contributed by atoms with Gasteiger partial charge in [0, 0.05) is 12.6 Å². The highest BCUT2D eigenvalue weighted by atomic mass is 19.1. The molecule has 0 saturated heterocycles. The van der Waals surface area contributed by atoms with Crippen LogP contribution in [0.5, 0.6) is 5.75 Å². The average molecular weight is 241 g/mol. The van der Waals surface area contributed by atoms with E-state index >= 15 is 0 Å². The standard InChI is InChI=1S/C13H20FNO2/c1-3-7-15-12(6-8-16)10-4-5-13(17-2)11(14)9-10/h4-5,9,12,15-16H,3,6-8H2,1-2H3. The van der Waals surface area contributed by atoms with Crippen molar-refractivity contribution >= 4 is 0 Å². The average Bonchev–Trinajstić information content (AvgIpc) is 2.34. The minimum atomic E-state index is -0.369. The minimum absolute atomic E-state index is 0.0136. The van der Waals surface area contributed by atoms with Crippen molar-refractivity contribution < 1.29 is 14.2 Å². The van der Waals surface area contributed by atoms with Gasteiger partial charge in [0.25, 0.3) is 0 Å².